The van der Waals surface area contributed by atoms with Crippen molar-refractivity contribution >= 4 is 42.3 Å². The molecule has 0 aromatic heterocycles. The van der Waals surface area contributed by atoms with Crippen molar-refractivity contribution in [2.45, 2.75) is 50.2 Å². The van der Waals surface area contributed by atoms with E-state index >= 15 is 0 Å². The molecule has 0 spiro atoms. The van der Waals surface area contributed by atoms with Crippen LogP contribution in [0.4, 0.5) is 0 Å². The largest absolute Gasteiger partial charge is 0.480 e. The second-order valence-corrected chi connectivity index (χ2v) is 7.12. The molecule has 0 aliphatic heterocycles. The van der Waals surface area contributed by atoms with Gasteiger partial charge in [0.25, 0.3) is 0 Å². The predicted octanol–water partition coefficient (Wildman–Crippen LogP) is -3.40. The molecule has 3 amide bonds. The van der Waals surface area contributed by atoms with Gasteiger partial charge in [-0.2, -0.15) is 12.6 Å². The number of nitrogens with zero attached hydrogens (tertiary/aromatic N) is 1. The minimum absolute atomic E-state index is 0.0520. The van der Waals surface area contributed by atoms with Crippen molar-refractivity contribution < 1.29 is 24.3 Å². The number of thiol groups is 1. The lowest BCUT2D eigenvalue weighted by Gasteiger charge is -2.21. The van der Waals surface area contributed by atoms with Crippen LogP contribution in [0, 0.1) is 0 Å². The molecule has 0 aliphatic carbocycles. The summed E-state index contributed by atoms with van der Waals surface area (Å²) in [6.07, 6.45) is 2.22. The molecule has 13 nitrogen and oxygen atoms in total. The zero-order valence-corrected chi connectivity index (χ0v) is 18.3. The third-order valence-corrected chi connectivity index (χ3v) is 4.49. The van der Waals surface area contributed by atoms with Gasteiger partial charge in [0.2, 0.25) is 17.7 Å². The maximum Gasteiger partial charge on any atom is 0.327 e. The van der Waals surface area contributed by atoms with Crippen molar-refractivity contribution in [3.05, 3.63) is 0 Å². The van der Waals surface area contributed by atoms with Crippen LogP contribution < -0.4 is 38.9 Å². The third kappa shape index (κ3) is 13.4. The van der Waals surface area contributed by atoms with E-state index in [9.17, 15) is 19.2 Å². The van der Waals surface area contributed by atoms with Crippen LogP contribution in [0.15, 0.2) is 4.99 Å². The molecule has 0 radical (unpaired) electrons. The first kappa shape index (κ1) is 28.4. The van der Waals surface area contributed by atoms with Crippen LogP contribution >= 0.6 is 12.6 Å². The smallest absolute Gasteiger partial charge is 0.327 e. The van der Waals surface area contributed by atoms with Crippen molar-refractivity contribution in [2.24, 2.45) is 27.9 Å². The highest BCUT2D eigenvalue weighted by atomic mass is 32.1. The van der Waals surface area contributed by atoms with Crippen molar-refractivity contribution in [3.8, 4) is 0 Å². The molecule has 3 atom stereocenters. The van der Waals surface area contributed by atoms with E-state index < -0.39 is 48.4 Å². The first-order valence-corrected chi connectivity index (χ1v) is 10.5. The lowest BCUT2D eigenvalue weighted by molar-refractivity contribution is -0.141. The van der Waals surface area contributed by atoms with Crippen molar-refractivity contribution in [1.29, 1.82) is 0 Å². The number of nitrogens with one attached hydrogen (secondary N) is 3. The second kappa shape index (κ2) is 16.2. The Hall–Kier alpha value is -2.58. The van der Waals surface area contributed by atoms with Crippen molar-refractivity contribution in [1.82, 2.24) is 16.0 Å². The van der Waals surface area contributed by atoms with Crippen molar-refractivity contribution in [3.63, 3.8) is 0 Å². The summed E-state index contributed by atoms with van der Waals surface area (Å²) in [4.78, 5) is 51.5. The minimum Gasteiger partial charge on any atom is -0.480 e. The van der Waals surface area contributed by atoms with Crippen LogP contribution in [-0.2, 0) is 19.2 Å². The molecule has 0 aliphatic rings. The Labute approximate surface area is 186 Å². The van der Waals surface area contributed by atoms with Gasteiger partial charge in [0, 0.05) is 12.3 Å². The number of carboxylic acids is 1. The Balaban J connectivity index is 4.66. The number of unbranched alkanes of at least 4 members (excludes halogenated alkanes) is 1. The number of carboxylic acid groups (broad SMARTS) is 1. The van der Waals surface area contributed by atoms with E-state index in [1.165, 1.54) is 0 Å². The Kier molecular flexibility index (Phi) is 14.8. The molecule has 12 N–H and O–H groups in total. The number of aliphatic imine (C=N–C) groups is 1. The van der Waals surface area contributed by atoms with Gasteiger partial charge < -0.3 is 44.0 Å². The lowest BCUT2D eigenvalue weighted by Crippen LogP contribution is -2.54. The van der Waals surface area contributed by atoms with Crippen molar-refractivity contribution in [2.75, 3.05) is 25.4 Å². The highest BCUT2D eigenvalue weighted by molar-refractivity contribution is 7.80. The van der Waals surface area contributed by atoms with Gasteiger partial charge in [-0.1, -0.05) is 0 Å². The van der Waals surface area contributed by atoms with E-state index in [4.69, 9.17) is 28.0 Å². The van der Waals surface area contributed by atoms with Gasteiger partial charge in [-0.25, -0.2) is 4.79 Å². The van der Waals surface area contributed by atoms with E-state index in [0.717, 1.165) is 0 Å². The fraction of sp³-hybridized carbons (Fsp3) is 0.706. The van der Waals surface area contributed by atoms with Gasteiger partial charge in [-0.05, 0) is 38.6 Å². The molecular weight excluding hydrogens is 428 g/mol. The molecule has 3 unspecified atom stereocenters. The summed E-state index contributed by atoms with van der Waals surface area (Å²) in [6, 6.07) is -3.02. The monoisotopic (exact) mass is 462 g/mol. The summed E-state index contributed by atoms with van der Waals surface area (Å²) >= 11 is 3.89. The summed E-state index contributed by atoms with van der Waals surface area (Å²) in [7, 11) is 0. The molecule has 0 rings (SSSR count). The molecule has 0 heterocycles. The average Bonchev–Trinajstić information content (AvgIpc) is 2.71. The molecule has 31 heavy (non-hydrogen) atoms. The summed E-state index contributed by atoms with van der Waals surface area (Å²) in [6.45, 7) is 0.344. The summed E-state index contributed by atoms with van der Waals surface area (Å²) in [5.41, 5.74) is 21.6. The Bertz CT molecular complexity index is 630. The fourth-order valence-corrected chi connectivity index (χ4v) is 2.66. The summed E-state index contributed by atoms with van der Waals surface area (Å²) < 4.78 is 0. The number of amides is 3. The minimum atomic E-state index is -1.24. The predicted molar refractivity (Wildman–Crippen MR) is 119 cm³/mol. The maximum atomic E-state index is 12.4. The topological polar surface area (TPSA) is 241 Å². The Morgan fingerprint density at radius 3 is 2.19 bits per heavy atom. The Morgan fingerprint density at radius 2 is 1.65 bits per heavy atom. The van der Waals surface area contributed by atoms with Crippen LogP contribution in [-0.4, -0.2) is 78.3 Å². The number of aliphatic carboxylic acids is 1. The van der Waals surface area contributed by atoms with E-state index in [1.54, 1.807) is 0 Å². The fourth-order valence-electron chi connectivity index (χ4n) is 2.41. The van der Waals surface area contributed by atoms with Crippen LogP contribution in [0.3, 0.4) is 0 Å². The molecule has 0 fully saturated rings. The highest BCUT2D eigenvalue weighted by Gasteiger charge is 2.25. The summed E-state index contributed by atoms with van der Waals surface area (Å²) in [5, 5.41) is 16.3. The number of carbonyl (C=O) groups excluding carboxylic acids is 3. The van der Waals surface area contributed by atoms with Gasteiger partial charge in [0.05, 0.1) is 12.6 Å². The molecule has 0 aromatic carbocycles. The molecule has 14 heteroatoms. The number of nitrogens with two attached hydrogens (primary N) is 4. The van der Waals surface area contributed by atoms with E-state index in [-0.39, 0.29) is 18.1 Å². The van der Waals surface area contributed by atoms with Crippen LogP contribution in [0.2, 0.25) is 0 Å². The second-order valence-electron chi connectivity index (χ2n) is 6.76. The SMILES string of the molecule is NCCCCC(NC(=O)CNC(=O)C(N)CCCN=C(N)N)C(=O)NC(CS)C(=O)O. The number of hydrogen-bond acceptors (Lipinski definition) is 8. The quantitative estimate of drug-likeness (QED) is 0.0479. The van der Waals surface area contributed by atoms with Gasteiger partial charge in [0.15, 0.2) is 5.96 Å². The molecule has 0 bridgehead atoms. The van der Waals surface area contributed by atoms with E-state index in [0.29, 0.717) is 38.8 Å². The molecule has 178 valence electrons. The average molecular weight is 463 g/mol. The first-order valence-electron chi connectivity index (χ1n) is 9.84. The maximum absolute atomic E-state index is 12.4. The van der Waals surface area contributed by atoms with Gasteiger partial charge in [-0.15, -0.1) is 0 Å². The molecule has 0 aromatic rings. The molecule has 0 saturated heterocycles. The standard InChI is InChI=1S/C17H34N8O5S/c18-6-2-1-5-11(15(28)25-12(9-31)16(29)30)24-13(26)8-23-14(27)10(19)4-3-7-22-17(20)21/h10-12,31H,1-9,18-19H2,(H,23,27)(H,24,26)(H,25,28)(H,29,30)(H4,20,21,22). The van der Waals surface area contributed by atoms with Gasteiger partial charge in [-0.3, -0.25) is 19.4 Å². The van der Waals surface area contributed by atoms with Gasteiger partial charge in [0.1, 0.15) is 12.1 Å². The summed E-state index contributed by atoms with van der Waals surface area (Å²) in [5.74, 6) is -3.21. The zero-order valence-electron chi connectivity index (χ0n) is 17.4. The lowest BCUT2D eigenvalue weighted by atomic mass is 10.1. The normalized spacial score (nSPS) is 13.4. The Morgan fingerprint density at radius 1 is 0.968 bits per heavy atom. The number of guanidine groups is 1. The molecular formula is C17H34N8O5S. The number of hydrogen-bond donors (Lipinski definition) is 9. The van der Waals surface area contributed by atoms with Crippen LogP contribution in [0.5, 0.6) is 0 Å². The zero-order chi connectivity index (χ0) is 23.8. The molecule has 0 saturated carbocycles. The van der Waals surface area contributed by atoms with Crippen LogP contribution in [0.1, 0.15) is 32.1 Å². The number of carbonyl (C=O) groups is 4. The van der Waals surface area contributed by atoms with Crippen LogP contribution in [0.25, 0.3) is 0 Å². The first-order chi connectivity index (χ1) is 14.6. The van der Waals surface area contributed by atoms with E-state index in [2.05, 4.69) is 33.6 Å². The third-order valence-electron chi connectivity index (χ3n) is 4.12. The van der Waals surface area contributed by atoms with Gasteiger partial charge >= 0.3 is 5.97 Å². The highest BCUT2D eigenvalue weighted by Crippen LogP contribution is 2.02. The van der Waals surface area contributed by atoms with E-state index in [1.807, 2.05) is 0 Å². The number of rotatable bonds is 16.